The van der Waals surface area contributed by atoms with Gasteiger partial charge in [0.15, 0.2) is 0 Å². The Bertz CT molecular complexity index is 5800. The number of rotatable bonds is 26. The third-order valence-electron chi connectivity index (χ3n) is 16.0. The first kappa shape index (κ1) is 91.4. The van der Waals surface area contributed by atoms with Crippen molar-refractivity contribution in [2.45, 2.75) is 104 Å². The van der Waals surface area contributed by atoms with Crippen LogP contribution in [0, 0.1) is 262 Å². The zero-order chi connectivity index (χ0) is 78.6. The fraction of sp³-hybridized carbons (Fsp3) is 0.247. The molecular formula is C97H137IInN6O6+. The molecule has 12 nitrogen and oxygen atoms in total. The molecule has 5 rings (SSSR count). The third-order valence-corrected chi connectivity index (χ3v) is 16.0. The molecule has 0 radical (unpaired) electrons. The summed E-state index contributed by atoms with van der Waals surface area (Å²) in [6.45, 7) is 17.6. The van der Waals surface area contributed by atoms with E-state index >= 15 is 0 Å². The molecule has 0 fully saturated rings. The molecule has 0 bridgehead atoms. The summed E-state index contributed by atoms with van der Waals surface area (Å²) < 4.78 is 1.93. The van der Waals surface area contributed by atoms with Crippen LogP contribution in [0.5, 0.6) is 0 Å². The zero-order valence-corrected chi connectivity index (χ0v) is 68.0. The van der Waals surface area contributed by atoms with E-state index in [0.717, 1.165) is 50.6 Å². The molecule has 1 N–H and O–H groups in total. The van der Waals surface area contributed by atoms with Gasteiger partial charge in [-0.1, -0.05) is 107 Å². The average Bonchev–Trinajstić information content (AvgIpc) is 1.59. The van der Waals surface area contributed by atoms with Gasteiger partial charge in [-0.25, -0.2) is 0 Å². The molecule has 2 heterocycles. The summed E-state index contributed by atoms with van der Waals surface area (Å²) >= 11 is 0. The minimum absolute atomic E-state index is 0. The van der Waals surface area contributed by atoms with Gasteiger partial charge in [0.2, 0.25) is 23.4 Å². The third kappa shape index (κ3) is 34.1. The second-order valence-corrected chi connectivity index (χ2v) is 23.8. The number of halogens is 1. The van der Waals surface area contributed by atoms with Gasteiger partial charge in [-0.2, -0.15) is 0 Å². The Balaban J connectivity index is -0.000000118. The predicted octanol–water partition coefficient (Wildman–Crippen LogP) is 10.1. The van der Waals surface area contributed by atoms with Gasteiger partial charge in [0.05, 0.1) is 29.0 Å². The molecular weight excluding hydrogens is 1590 g/mol. The topological polar surface area (TPSA) is 142 Å². The number of allylic oxidation sites excluding steroid dienone is 6. The van der Waals surface area contributed by atoms with E-state index in [2.05, 4.69) is 299 Å². The summed E-state index contributed by atoms with van der Waals surface area (Å²) in [5.74, 6) is 100. The van der Waals surface area contributed by atoms with Crippen molar-refractivity contribution in [3.63, 3.8) is 0 Å². The number of carbonyl (C=O) groups is 4. The van der Waals surface area contributed by atoms with Gasteiger partial charge in [-0.05, 0) is 175 Å². The molecule has 1 amide bonds. The van der Waals surface area contributed by atoms with Gasteiger partial charge in [0.25, 0.3) is 0 Å². The number of carboxylic acid groups (broad SMARTS) is 2. The largest absolute Gasteiger partial charge is 3.00 e. The first-order valence-corrected chi connectivity index (χ1v) is 34.1. The Morgan fingerprint density at radius 2 is 0.991 bits per heavy atom. The maximum Gasteiger partial charge on any atom is 3.00 e. The molecule has 0 aromatic heterocycles. The summed E-state index contributed by atoms with van der Waals surface area (Å²) in [7, 11) is 0. The number of nitrogens with zero attached hydrogens (tertiary/aromatic N) is 5. The number of Topliss-reactive ketones (excluding diaryl/α,β-unsaturated/α-hetero) is 1. The standard InChI is InChI=1S/C97H70N6O6.HI.In.34H2/c1-10-15-17-19-21-23-25-27-29-31-33-35-37-39-41-43-45-47-49-56-71-102-89-61-55-54-60-87(89)96(6,7)91(102)62-52-51-53-63-92-97(8,9)88-77-84(69-70-90(88)103(92)72-57-50-48-46-44-42-40-38-36-34-32-30-28-26-24-22-20-18-16-11-2)78-98-93(105)64-58-59-86(104)76-83-67-65-82(66-68-83)75-85(101(14-5)81-95(108)109)79-99(12-3)73-74-100(13-4)80-94(106)107;;;;;;;;;;;;;;;;;;;;;;;;;;;;;;;;;;;;/h1-2,51-55,60-63,65-70,77,85H,12-14,58-59,64,73-76,78-81H2,3-9H3,(H2-,98,105,106,107,108,109);1H;;34*1H/q;;+3;;;;;;;;;;;;;;;;;;;;;;;;;;;;;;;;;;/p-2. The van der Waals surface area contributed by atoms with Crippen LogP contribution < -0.4 is 44.4 Å². The van der Waals surface area contributed by atoms with Crippen LogP contribution in [-0.2, 0) is 49.4 Å². The summed E-state index contributed by atoms with van der Waals surface area (Å²) in [6.07, 6.45) is 21.5. The second-order valence-electron chi connectivity index (χ2n) is 23.8. The van der Waals surface area contributed by atoms with E-state index in [1.807, 2.05) is 120 Å². The number of terminal acetylenes is 2. The first-order valence-electron chi connectivity index (χ1n) is 34.1. The summed E-state index contributed by atoms with van der Waals surface area (Å²) in [4.78, 5) is 57.5. The SMILES string of the molecule is C#CC#CC#CC#CC#CC#CC#CC#CC#CC#CC#CN1C(=CC=CC=CC2=[N+](C#CC#CC#CC#CC#CC#CC#CC#CC#CC#CC#C)c3ccccc3C2(C)C)C(C)(C)c2cc(CNC(=O)CCCC(=O)Cc3ccc(CC(CN(CC)CCN(CC)CC(=O)[O-])N(CC)CC(=O)[O-])cc3)ccc21.[HH].[HH].[HH].[HH].[HH].[HH].[HH].[HH].[HH].[HH].[HH].[HH].[HH].[HH].[HH].[HH].[HH].[HH].[HH].[HH].[HH].[HH].[HH].[HH].[HH].[HH].[HH].[HH].[HH].[HH].[HH].[HH].[HH].[HH].[I-].[In+3]. The molecule has 2 aliphatic heterocycles. The summed E-state index contributed by atoms with van der Waals surface area (Å²) in [5.41, 5.74) is 7.32. The van der Waals surface area contributed by atoms with E-state index in [-0.39, 0.29) is 155 Å². The number of likely N-dealkylation sites (N-methyl/N-ethyl adjacent to an activating group) is 3. The number of fused-ring (bicyclic) bond motifs is 2. The van der Waals surface area contributed by atoms with Crippen LogP contribution in [0.3, 0.4) is 0 Å². The molecule has 0 aliphatic carbocycles. The van der Waals surface area contributed by atoms with Crippen molar-refractivity contribution < 1.29 is 106 Å². The van der Waals surface area contributed by atoms with Crippen LogP contribution in [0.1, 0.15) is 144 Å². The van der Waals surface area contributed by atoms with Crippen molar-refractivity contribution in [3.05, 3.63) is 131 Å². The van der Waals surface area contributed by atoms with Gasteiger partial charge in [0, 0.05) is 284 Å². The quantitative estimate of drug-likeness (QED) is 0.0357. The van der Waals surface area contributed by atoms with Gasteiger partial charge in [-0.15, -0.1) is 17.4 Å². The maximum atomic E-state index is 13.3. The van der Waals surface area contributed by atoms with Crippen molar-refractivity contribution in [3.8, 4) is 262 Å². The Morgan fingerprint density at radius 3 is 1.48 bits per heavy atom. The normalized spacial score (nSPS) is 11.3. The average molecular weight is 1720 g/mol. The molecule has 600 valence electrons. The van der Waals surface area contributed by atoms with Crippen molar-refractivity contribution in [2.24, 2.45) is 0 Å². The Morgan fingerprint density at radius 1 is 0.532 bits per heavy atom. The Kier molecular flexibility index (Phi) is 43.7. The predicted molar refractivity (Wildman–Crippen MR) is 503 cm³/mol. The monoisotopic (exact) mass is 1720 g/mol. The van der Waals surface area contributed by atoms with Crippen LogP contribution in [0.2, 0.25) is 0 Å². The number of carboxylic acids is 2. The number of benzene rings is 3. The minimum atomic E-state index is -1.17. The van der Waals surface area contributed by atoms with E-state index < -0.39 is 22.8 Å². The van der Waals surface area contributed by atoms with Crippen LogP contribution in [-0.4, -0.2) is 133 Å². The van der Waals surface area contributed by atoms with Gasteiger partial charge in [-0.3, -0.25) is 24.3 Å². The van der Waals surface area contributed by atoms with Crippen molar-refractivity contribution in [2.75, 3.05) is 57.3 Å². The Labute approximate surface area is 743 Å². The Hall–Kier alpha value is -13.8. The van der Waals surface area contributed by atoms with Gasteiger partial charge in [0.1, 0.15) is 5.78 Å². The molecule has 1 atom stereocenters. The molecule has 3 aromatic carbocycles. The zero-order valence-electron chi connectivity index (χ0n) is 62.5. The number of para-hydroxylation sites is 1. The molecule has 3 aromatic rings. The second kappa shape index (κ2) is 53.1. The van der Waals surface area contributed by atoms with Crippen molar-refractivity contribution in [1.82, 2.24) is 20.0 Å². The van der Waals surface area contributed by atoms with Crippen molar-refractivity contribution >= 4 is 66.6 Å². The number of ketones is 1. The molecule has 14 heteroatoms. The maximum absolute atomic E-state index is 13.3. The number of carbonyl (C=O) groups excluding carboxylic acids is 4. The van der Waals surface area contributed by atoms with Crippen LogP contribution >= 0.6 is 0 Å². The van der Waals surface area contributed by atoms with Crippen LogP contribution in [0.4, 0.5) is 11.4 Å². The molecule has 1 unspecified atom stereocenters. The number of nitrogens with one attached hydrogen (secondary N) is 1. The number of amides is 1. The summed E-state index contributed by atoms with van der Waals surface area (Å²) in [6, 6.07) is 28.1. The number of anilines is 1. The summed E-state index contributed by atoms with van der Waals surface area (Å²) in [5, 5.41) is 26.1. The van der Waals surface area contributed by atoms with E-state index in [4.69, 9.17) is 12.8 Å². The number of hydrogen-bond acceptors (Lipinski definition) is 10. The van der Waals surface area contributed by atoms with E-state index in [1.165, 1.54) is 0 Å². The molecule has 2 aliphatic rings. The smallest absolute Gasteiger partial charge is 1.00 e. The van der Waals surface area contributed by atoms with Crippen LogP contribution in [0.25, 0.3) is 0 Å². The molecule has 111 heavy (non-hydrogen) atoms. The number of aliphatic carboxylic acids is 2. The van der Waals surface area contributed by atoms with Gasteiger partial charge < -0.3 is 54.0 Å². The van der Waals surface area contributed by atoms with E-state index in [0.29, 0.717) is 52.1 Å². The van der Waals surface area contributed by atoms with Gasteiger partial charge >= 0.3 is 25.8 Å². The number of hydrogen-bond donors (Lipinski definition) is 1. The van der Waals surface area contributed by atoms with Crippen molar-refractivity contribution in [1.29, 1.82) is 0 Å². The fourth-order valence-electron chi connectivity index (χ4n) is 10.7. The first-order chi connectivity index (χ1) is 53.0. The van der Waals surface area contributed by atoms with E-state index in [1.54, 1.807) is 4.90 Å². The molecule has 0 saturated carbocycles. The molecule has 0 saturated heterocycles. The van der Waals surface area contributed by atoms with Crippen LogP contribution in [0.15, 0.2) is 103 Å². The van der Waals surface area contributed by atoms with E-state index in [9.17, 15) is 29.4 Å². The molecule has 0 spiro atoms. The minimum Gasteiger partial charge on any atom is -1.00 e. The fourth-order valence-corrected chi connectivity index (χ4v) is 10.7.